The third-order valence-electron chi connectivity index (χ3n) is 4.68. The quantitative estimate of drug-likeness (QED) is 0.780. The molecule has 2 saturated heterocycles. The van der Waals surface area contributed by atoms with E-state index in [2.05, 4.69) is 17.9 Å². The number of thiol groups is 1. The zero-order valence-corrected chi connectivity index (χ0v) is 12.7. The van der Waals surface area contributed by atoms with Crippen LogP contribution < -0.4 is 5.32 Å². The molecule has 1 aromatic rings. The van der Waals surface area contributed by atoms with Crippen LogP contribution in [0.3, 0.4) is 0 Å². The second kappa shape index (κ2) is 5.78. The molecule has 0 saturated carbocycles. The van der Waals surface area contributed by atoms with Crippen molar-refractivity contribution in [3.8, 4) is 0 Å². The molecule has 1 atom stereocenters. The minimum atomic E-state index is 0.161. The van der Waals surface area contributed by atoms with Gasteiger partial charge in [0.05, 0.1) is 0 Å². The number of rotatable bonds is 1. The number of hydrogen-bond donors (Lipinski definition) is 2. The zero-order valence-electron chi connectivity index (χ0n) is 11.8. The van der Waals surface area contributed by atoms with Crippen molar-refractivity contribution in [3.05, 3.63) is 29.8 Å². The van der Waals surface area contributed by atoms with E-state index in [9.17, 15) is 4.79 Å². The fourth-order valence-electron chi connectivity index (χ4n) is 3.48. The van der Waals surface area contributed by atoms with Crippen LogP contribution in [0.1, 0.15) is 42.5 Å². The third kappa shape index (κ3) is 2.86. The monoisotopic (exact) mass is 290 g/mol. The summed E-state index contributed by atoms with van der Waals surface area (Å²) in [6, 6.07) is 7.51. The molecule has 0 aromatic heterocycles. The maximum absolute atomic E-state index is 12.5. The molecule has 2 heterocycles. The Balaban J connectivity index is 1.68. The highest BCUT2D eigenvalue weighted by Crippen LogP contribution is 2.31. The molecule has 1 N–H and O–H groups in total. The maximum Gasteiger partial charge on any atom is 0.253 e. The van der Waals surface area contributed by atoms with Gasteiger partial charge in [0.2, 0.25) is 0 Å². The van der Waals surface area contributed by atoms with E-state index >= 15 is 0 Å². The Bertz CT molecular complexity index is 480. The van der Waals surface area contributed by atoms with Crippen molar-refractivity contribution in [2.45, 2.75) is 42.5 Å². The lowest BCUT2D eigenvalue weighted by atomic mass is 9.89. The predicted octanol–water partition coefficient (Wildman–Crippen LogP) is 2.72. The number of likely N-dealkylation sites (tertiary alicyclic amines) is 1. The summed E-state index contributed by atoms with van der Waals surface area (Å²) in [5.74, 6) is 0.161. The van der Waals surface area contributed by atoms with Crippen molar-refractivity contribution in [3.63, 3.8) is 0 Å². The molecule has 1 spiro atoms. The molecule has 108 valence electrons. The van der Waals surface area contributed by atoms with E-state index < -0.39 is 0 Å². The fraction of sp³-hybridized carbons (Fsp3) is 0.562. The van der Waals surface area contributed by atoms with E-state index in [1.165, 1.54) is 19.3 Å². The second-order valence-corrected chi connectivity index (χ2v) is 6.52. The molecule has 2 aliphatic rings. The Morgan fingerprint density at radius 3 is 2.55 bits per heavy atom. The highest BCUT2D eigenvalue weighted by Gasteiger charge is 2.35. The summed E-state index contributed by atoms with van der Waals surface area (Å²) in [5.41, 5.74) is 1.09. The number of benzene rings is 1. The van der Waals surface area contributed by atoms with Gasteiger partial charge in [-0.15, -0.1) is 12.6 Å². The summed E-state index contributed by atoms with van der Waals surface area (Å²) in [5, 5.41) is 3.67. The summed E-state index contributed by atoms with van der Waals surface area (Å²) < 4.78 is 0. The first kappa shape index (κ1) is 14.0. The third-order valence-corrected chi connectivity index (χ3v) is 4.98. The predicted molar refractivity (Wildman–Crippen MR) is 83.4 cm³/mol. The average Bonchev–Trinajstić information content (AvgIpc) is 2.81. The van der Waals surface area contributed by atoms with Gasteiger partial charge < -0.3 is 10.2 Å². The van der Waals surface area contributed by atoms with Crippen molar-refractivity contribution in [2.24, 2.45) is 0 Å². The van der Waals surface area contributed by atoms with Crippen molar-refractivity contribution in [1.29, 1.82) is 0 Å². The second-order valence-electron chi connectivity index (χ2n) is 6.00. The summed E-state index contributed by atoms with van der Waals surface area (Å²) >= 11 is 4.27. The average molecular weight is 290 g/mol. The van der Waals surface area contributed by atoms with Crippen molar-refractivity contribution in [1.82, 2.24) is 10.2 Å². The van der Waals surface area contributed by atoms with Gasteiger partial charge in [0.1, 0.15) is 0 Å². The zero-order chi connectivity index (χ0) is 14.0. The van der Waals surface area contributed by atoms with Crippen molar-refractivity contribution in [2.75, 3.05) is 19.6 Å². The van der Waals surface area contributed by atoms with Crippen LogP contribution in [-0.4, -0.2) is 36.0 Å². The molecule has 1 amide bonds. The Kier molecular flexibility index (Phi) is 4.03. The first-order chi connectivity index (χ1) is 9.69. The Hall–Kier alpha value is -1.00. The van der Waals surface area contributed by atoms with Gasteiger partial charge >= 0.3 is 0 Å². The molecule has 0 aliphatic carbocycles. The molecular formula is C16H22N2OS. The number of nitrogens with one attached hydrogen (secondary N) is 1. The number of carbonyl (C=O) groups is 1. The van der Waals surface area contributed by atoms with Crippen molar-refractivity contribution < 1.29 is 4.79 Å². The lowest BCUT2D eigenvalue weighted by Gasteiger charge is -2.28. The summed E-state index contributed by atoms with van der Waals surface area (Å²) in [6.07, 6.45) is 5.93. The van der Waals surface area contributed by atoms with Gasteiger partial charge in [0.15, 0.2) is 0 Å². The van der Waals surface area contributed by atoms with Gasteiger partial charge in [-0.25, -0.2) is 0 Å². The first-order valence-electron chi connectivity index (χ1n) is 7.52. The highest BCUT2D eigenvalue weighted by molar-refractivity contribution is 7.80. The normalized spacial score (nSPS) is 26.8. The van der Waals surface area contributed by atoms with Crippen LogP contribution in [0.5, 0.6) is 0 Å². The smallest absolute Gasteiger partial charge is 0.253 e. The van der Waals surface area contributed by atoms with E-state index in [1.54, 1.807) is 0 Å². The lowest BCUT2D eigenvalue weighted by molar-refractivity contribution is 0.0758. The summed E-state index contributed by atoms with van der Waals surface area (Å²) in [7, 11) is 0. The molecule has 3 rings (SSSR count). The topological polar surface area (TPSA) is 32.3 Å². The van der Waals surface area contributed by atoms with Gasteiger partial charge in [0.25, 0.3) is 5.91 Å². The Labute approximate surface area is 126 Å². The Morgan fingerprint density at radius 2 is 1.85 bits per heavy atom. The maximum atomic E-state index is 12.5. The van der Waals surface area contributed by atoms with Crippen LogP contribution in [0.25, 0.3) is 0 Å². The molecule has 3 nitrogen and oxygen atoms in total. The van der Waals surface area contributed by atoms with Crippen molar-refractivity contribution >= 4 is 18.5 Å². The molecular weight excluding hydrogens is 268 g/mol. The molecule has 1 aromatic carbocycles. The van der Waals surface area contributed by atoms with Gasteiger partial charge in [0, 0.05) is 29.1 Å². The minimum absolute atomic E-state index is 0.161. The highest BCUT2D eigenvalue weighted by atomic mass is 32.1. The van der Waals surface area contributed by atoms with Gasteiger partial charge in [-0.05, 0) is 62.9 Å². The summed E-state index contributed by atoms with van der Waals surface area (Å²) in [4.78, 5) is 15.5. The molecule has 2 fully saturated rings. The molecule has 2 aliphatic heterocycles. The van der Waals surface area contributed by atoms with E-state index in [0.29, 0.717) is 5.54 Å². The largest absolute Gasteiger partial charge is 0.339 e. The van der Waals surface area contributed by atoms with Crippen LogP contribution in [0.4, 0.5) is 0 Å². The summed E-state index contributed by atoms with van der Waals surface area (Å²) in [6.45, 7) is 2.89. The number of carbonyl (C=O) groups excluding carboxylic acids is 1. The van der Waals surface area contributed by atoms with Crippen LogP contribution in [0.2, 0.25) is 0 Å². The van der Waals surface area contributed by atoms with E-state index in [-0.39, 0.29) is 5.91 Å². The number of hydrogen-bond acceptors (Lipinski definition) is 3. The standard InChI is InChI=1S/C16H22N2OS/c19-15(13-3-5-14(20)6-4-13)18-11-2-8-16(9-12-18)7-1-10-17-16/h3-6,17,20H,1-2,7-12H2. The minimum Gasteiger partial charge on any atom is -0.339 e. The van der Waals surface area contributed by atoms with Crippen LogP contribution >= 0.6 is 12.6 Å². The molecule has 20 heavy (non-hydrogen) atoms. The SMILES string of the molecule is O=C(c1ccc(S)cc1)N1CCCC2(CCCN2)CC1. The Morgan fingerprint density at radius 1 is 1.10 bits per heavy atom. The molecule has 4 heteroatoms. The van der Waals surface area contributed by atoms with Crippen LogP contribution in [0, 0.1) is 0 Å². The first-order valence-corrected chi connectivity index (χ1v) is 7.97. The van der Waals surface area contributed by atoms with Gasteiger partial charge in [-0.1, -0.05) is 0 Å². The molecule has 0 bridgehead atoms. The van der Waals surface area contributed by atoms with Gasteiger partial charge in [-0.2, -0.15) is 0 Å². The molecule has 0 radical (unpaired) electrons. The lowest BCUT2D eigenvalue weighted by Crippen LogP contribution is -2.41. The van der Waals surface area contributed by atoms with Gasteiger partial charge in [-0.3, -0.25) is 4.79 Å². The fourth-order valence-corrected chi connectivity index (χ4v) is 3.63. The van der Waals surface area contributed by atoms with Crippen LogP contribution in [-0.2, 0) is 0 Å². The molecule has 1 unspecified atom stereocenters. The number of amides is 1. The van der Waals surface area contributed by atoms with Crippen LogP contribution in [0.15, 0.2) is 29.2 Å². The number of nitrogens with zero attached hydrogens (tertiary/aromatic N) is 1. The van der Waals surface area contributed by atoms with E-state index in [4.69, 9.17) is 0 Å². The van der Waals surface area contributed by atoms with E-state index in [1.807, 2.05) is 29.2 Å². The van der Waals surface area contributed by atoms with E-state index in [0.717, 1.165) is 42.9 Å².